The lowest BCUT2D eigenvalue weighted by atomic mass is 9.85. The van der Waals surface area contributed by atoms with Crippen molar-refractivity contribution < 1.29 is 9.18 Å². The second-order valence-electron chi connectivity index (χ2n) is 6.77. The van der Waals surface area contributed by atoms with Crippen LogP contribution in [0.5, 0.6) is 0 Å². The molecule has 1 amide bonds. The molecule has 2 heterocycles. The number of nitrogens with one attached hydrogen (secondary N) is 1. The maximum Gasteiger partial charge on any atom is 0.276 e. The summed E-state index contributed by atoms with van der Waals surface area (Å²) in [5, 5.41) is 7.25. The summed E-state index contributed by atoms with van der Waals surface area (Å²) in [6, 6.07) is 1.46. The third-order valence-electron chi connectivity index (χ3n) is 5.15. The van der Waals surface area contributed by atoms with Crippen LogP contribution in [0.25, 0.3) is 0 Å². The van der Waals surface area contributed by atoms with E-state index in [9.17, 15) is 9.18 Å². The molecule has 2 aliphatic rings. The van der Waals surface area contributed by atoms with Crippen molar-refractivity contribution in [3.05, 3.63) is 41.2 Å². The molecule has 0 spiro atoms. The number of halogens is 1. The molecule has 5 nitrogen and oxygen atoms in total. The fraction of sp³-hybridized carbons (Fsp3) is 0.500. The van der Waals surface area contributed by atoms with Crippen molar-refractivity contribution in [2.24, 2.45) is 5.92 Å². The Kier molecular flexibility index (Phi) is 4.04. The summed E-state index contributed by atoms with van der Waals surface area (Å²) in [7, 11) is 0. The highest BCUT2D eigenvalue weighted by molar-refractivity contribution is 6.04. The summed E-state index contributed by atoms with van der Waals surface area (Å²) in [6.07, 6.45) is 10.4. The maximum atomic E-state index is 13.7. The molecule has 0 radical (unpaired) electrons. The van der Waals surface area contributed by atoms with Gasteiger partial charge in [-0.3, -0.25) is 14.5 Å². The predicted molar refractivity (Wildman–Crippen MR) is 88.4 cm³/mol. The zero-order valence-corrected chi connectivity index (χ0v) is 13.6. The quantitative estimate of drug-likeness (QED) is 0.936. The number of hydrogen-bond acceptors (Lipinski definition) is 3. The highest BCUT2D eigenvalue weighted by Crippen LogP contribution is 2.31. The third-order valence-corrected chi connectivity index (χ3v) is 5.15. The van der Waals surface area contributed by atoms with Gasteiger partial charge in [-0.15, -0.1) is 0 Å². The molecule has 2 aromatic heterocycles. The average Bonchev–Trinajstić information content (AvgIpc) is 2.92. The number of rotatable bonds is 4. The van der Waals surface area contributed by atoms with E-state index in [1.165, 1.54) is 37.2 Å². The van der Waals surface area contributed by atoms with Crippen molar-refractivity contribution >= 4 is 11.6 Å². The van der Waals surface area contributed by atoms with Crippen molar-refractivity contribution in [3.63, 3.8) is 0 Å². The molecule has 0 bridgehead atoms. The van der Waals surface area contributed by atoms with Crippen LogP contribution in [-0.4, -0.2) is 20.7 Å². The first-order valence-corrected chi connectivity index (χ1v) is 8.72. The van der Waals surface area contributed by atoms with Gasteiger partial charge in [-0.25, -0.2) is 4.39 Å². The molecule has 2 aromatic rings. The minimum atomic E-state index is -0.534. The Bertz CT molecular complexity index is 766. The van der Waals surface area contributed by atoms with E-state index in [0.29, 0.717) is 11.6 Å². The largest absolute Gasteiger partial charge is 0.318 e. The summed E-state index contributed by atoms with van der Waals surface area (Å²) in [4.78, 5) is 16.3. The van der Waals surface area contributed by atoms with Crippen molar-refractivity contribution in [2.45, 2.75) is 51.5 Å². The van der Waals surface area contributed by atoms with Gasteiger partial charge in [0.05, 0.1) is 11.9 Å². The molecule has 1 fully saturated rings. The molecule has 1 saturated carbocycles. The topological polar surface area (TPSA) is 59.8 Å². The SMILES string of the molecule is O=C(Nc1ccncc1F)c1nn(CC2CCC2)c2c1CCCC2. The van der Waals surface area contributed by atoms with E-state index in [2.05, 4.69) is 15.4 Å². The van der Waals surface area contributed by atoms with Gasteiger partial charge in [0, 0.05) is 24.0 Å². The van der Waals surface area contributed by atoms with Crippen LogP contribution in [0.2, 0.25) is 0 Å². The first-order valence-electron chi connectivity index (χ1n) is 8.72. The van der Waals surface area contributed by atoms with Gasteiger partial charge in [0.25, 0.3) is 5.91 Å². The average molecular weight is 328 g/mol. The molecule has 0 saturated heterocycles. The monoisotopic (exact) mass is 328 g/mol. The second-order valence-corrected chi connectivity index (χ2v) is 6.77. The minimum Gasteiger partial charge on any atom is -0.318 e. The fourth-order valence-electron chi connectivity index (χ4n) is 3.58. The molecule has 2 aliphatic carbocycles. The lowest BCUT2D eigenvalue weighted by Gasteiger charge is -2.26. The zero-order valence-electron chi connectivity index (χ0n) is 13.6. The van der Waals surface area contributed by atoms with E-state index in [4.69, 9.17) is 0 Å². The molecular weight excluding hydrogens is 307 g/mol. The van der Waals surface area contributed by atoms with Gasteiger partial charge in [-0.1, -0.05) is 6.42 Å². The number of fused-ring (bicyclic) bond motifs is 1. The van der Waals surface area contributed by atoms with E-state index >= 15 is 0 Å². The smallest absolute Gasteiger partial charge is 0.276 e. The lowest BCUT2D eigenvalue weighted by molar-refractivity contribution is 0.101. The second kappa shape index (κ2) is 6.34. The number of anilines is 1. The Morgan fingerprint density at radius 1 is 1.29 bits per heavy atom. The van der Waals surface area contributed by atoms with E-state index in [1.54, 1.807) is 0 Å². The van der Waals surface area contributed by atoms with Crippen LogP contribution in [0, 0.1) is 11.7 Å². The molecule has 0 aromatic carbocycles. The van der Waals surface area contributed by atoms with Crippen LogP contribution in [0.3, 0.4) is 0 Å². The van der Waals surface area contributed by atoms with Gasteiger partial charge >= 0.3 is 0 Å². The van der Waals surface area contributed by atoms with E-state index < -0.39 is 5.82 Å². The van der Waals surface area contributed by atoms with Crippen molar-refractivity contribution in [1.82, 2.24) is 14.8 Å². The van der Waals surface area contributed by atoms with E-state index in [-0.39, 0.29) is 11.6 Å². The van der Waals surface area contributed by atoms with Gasteiger partial charge in [0.2, 0.25) is 0 Å². The molecule has 24 heavy (non-hydrogen) atoms. The summed E-state index contributed by atoms with van der Waals surface area (Å²) < 4.78 is 15.8. The standard InChI is InChI=1S/C18H21FN4O/c19-14-10-20-9-8-15(14)21-18(24)17-13-6-1-2-7-16(13)23(22-17)11-12-4-3-5-12/h8-10,12H,1-7,11H2,(H,20,21,24). The van der Waals surface area contributed by atoms with Crippen molar-refractivity contribution in [1.29, 1.82) is 0 Å². The Hall–Kier alpha value is -2.24. The number of amides is 1. The van der Waals surface area contributed by atoms with Gasteiger partial charge in [-0.2, -0.15) is 5.10 Å². The van der Waals surface area contributed by atoms with Crippen molar-refractivity contribution in [3.8, 4) is 0 Å². The van der Waals surface area contributed by atoms with Crippen LogP contribution >= 0.6 is 0 Å². The van der Waals surface area contributed by atoms with Crippen LogP contribution < -0.4 is 5.32 Å². The maximum absolute atomic E-state index is 13.7. The van der Waals surface area contributed by atoms with Crippen LogP contribution in [0.15, 0.2) is 18.5 Å². The summed E-state index contributed by atoms with van der Waals surface area (Å²) in [6.45, 7) is 0.902. The van der Waals surface area contributed by atoms with Gasteiger partial charge in [0.15, 0.2) is 11.5 Å². The fourth-order valence-corrected chi connectivity index (χ4v) is 3.58. The first-order chi connectivity index (χ1) is 11.7. The first kappa shape index (κ1) is 15.3. The number of carbonyl (C=O) groups is 1. The molecule has 0 aliphatic heterocycles. The van der Waals surface area contributed by atoms with E-state index in [1.807, 2.05) is 4.68 Å². The van der Waals surface area contributed by atoms with Gasteiger partial charge in [-0.05, 0) is 50.5 Å². The number of hydrogen-bond donors (Lipinski definition) is 1. The highest BCUT2D eigenvalue weighted by atomic mass is 19.1. The van der Waals surface area contributed by atoms with E-state index in [0.717, 1.165) is 44.0 Å². The molecule has 0 atom stereocenters. The summed E-state index contributed by atoms with van der Waals surface area (Å²) in [5.41, 5.74) is 2.86. The Labute approximate surface area is 140 Å². The predicted octanol–water partition coefficient (Wildman–Crippen LogP) is 3.35. The normalized spacial score (nSPS) is 17.2. The van der Waals surface area contributed by atoms with Gasteiger partial charge in [0.1, 0.15) is 0 Å². The summed E-state index contributed by atoms with van der Waals surface area (Å²) in [5.74, 6) is -0.177. The zero-order chi connectivity index (χ0) is 16.5. The molecule has 1 N–H and O–H groups in total. The number of pyridine rings is 1. The van der Waals surface area contributed by atoms with Crippen LogP contribution in [-0.2, 0) is 19.4 Å². The number of aromatic nitrogens is 3. The Morgan fingerprint density at radius 3 is 2.88 bits per heavy atom. The number of nitrogens with zero attached hydrogens (tertiary/aromatic N) is 3. The summed E-state index contributed by atoms with van der Waals surface area (Å²) >= 11 is 0. The minimum absolute atomic E-state index is 0.146. The Balaban J connectivity index is 1.61. The molecule has 6 heteroatoms. The van der Waals surface area contributed by atoms with Crippen molar-refractivity contribution in [2.75, 3.05) is 5.32 Å². The van der Waals surface area contributed by atoms with Gasteiger partial charge < -0.3 is 5.32 Å². The van der Waals surface area contributed by atoms with Crippen LogP contribution in [0.4, 0.5) is 10.1 Å². The third kappa shape index (κ3) is 2.81. The molecular formula is C18H21FN4O. The highest BCUT2D eigenvalue weighted by Gasteiger charge is 2.27. The number of carbonyl (C=O) groups excluding carboxylic acids is 1. The molecule has 0 unspecified atom stereocenters. The Morgan fingerprint density at radius 2 is 2.12 bits per heavy atom. The lowest BCUT2D eigenvalue weighted by Crippen LogP contribution is -2.21. The molecule has 4 rings (SSSR count). The molecule has 126 valence electrons. The van der Waals surface area contributed by atoms with Crippen LogP contribution in [0.1, 0.15) is 53.8 Å².